The van der Waals surface area contributed by atoms with Crippen LogP contribution in [-0.2, 0) is 31.6 Å². The number of hydrogen-bond acceptors (Lipinski definition) is 13. The maximum Gasteiger partial charge on any atom is 0.490 e. The Kier molecular flexibility index (Phi) is 7.09. The van der Waals surface area contributed by atoms with E-state index in [1.165, 1.54) is 0 Å². The molecule has 22 heteroatoms. The second kappa shape index (κ2) is 9.00. The second-order valence-electron chi connectivity index (χ2n) is 6.73. The first-order valence-corrected chi connectivity index (χ1v) is 13.2. The highest BCUT2D eigenvalue weighted by Gasteiger charge is 2.55. The van der Waals surface area contributed by atoms with Crippen molar-refractivity contribution in [1.29, 1.82) is 0 Å². The number of rotatable bonds is 9. The third-order valence-corrected chi connectivity index (χ3v) is 8.18. The van der Waals surface area contributed by atoms with Gasteiger partial charge in [0.25, 0.3) is 5.56 Å². The fourth-order valence-corrected chi connectivity index (χ4v) is 6.05. The molecule has 1 saturated heterocycles. The van der Waals surface area contributed by atoms with Crippen LogP contribution in [0.4, 0.5) is 5.95 Å². The second-order valence-corrected chi connectivity index (χ2v) is 11.1. The van der Waals surface area contributed by atoms with Crippen molar-refractivity contribution in [2.24, 2.45) is 0 Å². The number of hydrogen-bond donors (Lipinski definition) is 8. The minimum Gasteiger partial charge on any atom is -0.387 e. The van der Waals surface area contributed by atoms with Gasteiger partial charge in [0.2, 0.25) is 5.95 Å². The van der Waals surface area contributed by atoms with Gasteiger partial charge in [0, 0.05) is 0 Å². The van der Waals surface area contributed by atoms with Crippen LogP contribution in [-0.4, -0.2) is 73.7 Å². The Morgan fingerprint density at radius 3 is 2.50 bits per heavy atom. The molecule has 9 N–H and O–H groups in total. The van der Waals surface area contributed by atoms with Crippen LogP contribution in [0.5, 0.6) is 0 Å². The molecular formula is C12H18N5O14P3. The molecule has 190 valence electrons. The van der Waals surface area contributed by atoms with Gasteiger partial charge in [-0.2, -0.15) is 13.6 Å². The zero-order valence-corrected chi connectivity index (χ0v) is 19.2. The number of H-pyrrole nitrogens is 1. The van der Waals surface area contributed by atoms with Gasteiger partial charge in [-0.1, -0.05) is 12.7 Å². The number of nitrogens with one attached hydrogen (secondary N) is 1. The van der Waals surface area contributed by atoms with Gasteiger partial charge in [0.1, 0.15) is 12.2 Å². The fraction of sp³-hybridized carbons (Fsp3) is 0.417. The van der Waals surface area contributed by atoms with Gasteiger partial charge in [0.15, 0.2) is 23.0 Å². The van der Waals surface area contributed by atoms with E-state index >= 15 is 0 Å². The zero-order valence-electron chi connectivity index (χ0n) is 16.5. The van der Waals surface area contributed by atoms with Crippen LogP contribution in [0.1, 0.15) is 6.23 Å². The monoisotopic (exact) mass is 549 g/mol. The number of aromatic amines is 1. The van der Waals surface area contributed by atoms with Gasteiger partial charge in [-0.15, -0.1) is 0 Å². The third kappa shape index (κ3) is 5.53. The molecule has 19 nitrogen and oxygen atoms in total. The molecule has 1 aliphatic rings. The Morgan fingerprint density at radius 1 is 1.26 bits per heavy atom. The van der Waals surface area contributed by atoms with Crippen LogP contribution in [0.25, 0.3) is 11.2 Å². The summed E-state index contributed by atoms with van der Waals surface area (Å²) in [5.74, 6) is -0.302. The van der Waals surface area contributed by atoms with Crippen molar-refractivity contribution in [2.75, 3.05) is 12.3 Å². The van der Waals surface area contributed by atoms with E-state index in [1.807, 2.05) is 0 Å². The topological polar surface area (TPSA) is 299 Å². The van der Waals surface area contributed by atoms with Crippen LogP contribution < -0.4 is 11.3 Å². The third-order valence-electron chi connectivity index (χ3n) is 4.37. The first-order chi connectivity index (χ1) is 15.5. The number of aliphatic hydroxyl groups excluding tert-OH is 1. The van der Waals surface area contributed by atoms with Crippen molar-refractivity contribution in [2.45, 2.75) is 24.0 Å². The fourth-order valence-electron chi connectivity index (χ4n) is 3.02. The van der Waals surface area contributed by atoms with Crippen molar-refractivity contribution in [3.8, 4) is 0 Å². The Hall–Kier alpha value is -1.82. The lowest BCUT2D eigenvalue weighted by molar-refractivity contribution is -0.0768. The highest BCUT2D eigenvalue weighted by molar-refractivity contribution is 7.66. The molecule has 0 aromatic carbocycles. The van der Waals surface area contributed by atoms with Crippen LogP contribution >= 0.6 is 23.5 Å². The van der Waals surface area contributed by atoms with E-state index in [-0.39, 0.29) is 17.1 Å². The molecule has 2 aromatic heterocycles. The standard InChI is InChI=1S/C12H18N5O14P3/c1-2-12(20)7(18)5(3-28-33(24,25)31-34(26,27)30-32(21,22)23)29-10(12)17-4-14-6-8(17)15-11(13)16-9(6)19/h2,4-5,7,10,18,20H,1,3H2,(H,24,25)(H,26,27)(H2,21,22,23)(H3,13,15,16,19)/t5-,7?,10-,12?/m1/s1. The minimum absolute atomic E-state index is 0.160. The van der Waals surface area contributed by atoms with E-state index in [2.05, 4.69) is 34.7 Å². The normalized spacial score (nSPS) is 29.1. The number of imidazole rings is 1. The Bertz CT molecular complexity index is 1300. The SMILES string of the molecule is C=CC1(O)C(O)[C@@H](COP(=O)(O)OP(=O)(O)OP(=O)(O)O)O[C@H]1n1cnc2c(=O)[nH]c(N)nc21. The summed E-state index contributed by atoms with van der Waals surface area (Å²) in [4.78, 5) is 57.7. The molecular weight excluding hydrogens is 531 g/mol. The molecule has 0 saturated carbocycles. The van der Waals surface area contributed by atoms with Crippen molar-refractivity contribution in [3.63, 3.8) is 0 Å². The highest BCUT2D eigenvalue weighted by Crippen LogP contribution is 2.66. The summed E-state index contributed by atoms with van der Waals surface area (Å²) in [5, 5.41) is 21.4. The first kappa shape index (κ1) is 26.8. The average Bonchev–Trinajstić information content (AvgIpc) is 3.17. The predicted molar refractivity (Wildman–Crippen MR) is 107 cm³/mol. The maximum absolute atomic E-state index is 12.0. The summed E-state index contributed by atoms with van der Waals surface area (Å²) in [6.45, 7) is 2.33. The van der Waals surface area contributed by atoms with E-state index in [0.29, 0.717) is 0 Å². The largest absolute Gasteiger partial charge is 0.490 e. The lowest BCUT2D eigenvalue weighted by atomic mass is 9.94. The van der Waals surface area contributed by atoms with Gasteiger partial charge >= 0.3 is 23.5 Å². The summed E-state index contributed by atoms with van der Waals surface area (Å²) in [6, 6.07) is 0. The minimum atomic E-state index is -5.77. The molecule has 1 fully saturated rings. The van der Waals surface area contributed by atoms with E-state index < -0.39 is 59.7 Å². The lowest BCUT2D eigenvalue weighted by Gasteiger charge is -2.28. The number of aromatic nitrogens is 4. The molecule has 0 radical (unpaired) electrons. The van der Waals surface area contributed by atoms with Gasteiger partial charge in [0.05, 0.1) is 12.9 Å². The Labute approximate surface area is 187 Å². The quantitative estimate of drug-likeness (QED) is 0.127. The van der Waals surface area contributed by atoms with E-state index in [4.69, 9.17) is 20.3 Å². The summed E-state index contributed by atoms with van der Waals surface area (Å²) in [7, 11) is -16.9. The van der Waals surface area contributed by atoms with Crippen LogP contribution in [0.2, 0.25) is 0 Å². The number of nitrogen functional groups attached to an aromatic ring is 1. The first-order valence-electron chi connectivity index (χ1n) is 8.68. The molecule has 3 rings (SSSR count). The molecule has 6 atom stereocenters. The highest BCUT2D eigenvalue weighted by atomic mass is 31.3. The summed E-state index contributed by atoms with van der Waals surface area (Å²) >= 11 is 0. The summed E-state index contributed by atoms with van der Waals surface area (Å²) in [6.07, 6.45) is -3.21. The Morgan fingerprint density at radius 2 is 1.91 bits per heavy atom. The number of ether oxygens (including phenoxy) is 1. The summed E-state index contributed by atoms with van der Waals surface area (Å²) < 4.78 is 52.1. The number of nitrogens with zero attached hydrogens (tertiary/aromatic N) is 3. The summed E-state index contributed by atoms with van der Waals surface area (Å²) in [5.41, 5.74) is 2.13. The van der Waals surface area contributed by atoms with E-state index in [9.17, 15) is 38.5 Å². The molecule has 0 spiro atoms. The van der Waals surface area contributed by atoms with Gasteiger partial charge < -0.3 is 40.3 Å². The van der Waals surface area contributed by atoms with Crippen LogP contribution in [0.3, 0.4) is 0 Å². The number of aliphatic hydroxyl groups is 2. The van der Waals surface area contributed by atoms with Gasteiger partial charge in [-0.05, 0) is 0 Å². The van der Waals surface area contributed by atoms with Crippen molar-refractivity contribution in [3.05, 3.63) is 29.3 Å². The van der Waals surface area contributed by atoms with Gasteiger partial charge in [-0.25, -0.2) is 18.7 Å². The smallest absolute Gasteiger partial charge is 0.387 e. The molecule has 0 bridgehead atoms. The van der Waals surface area contributed by atoms with E-state index in [0.717, 1.165) is 17.0 Å². The van der Waals surface area contributed by atoms with Crippen LogP contribution in [0, 0.1) is 0 Å². The van der Waals surface area contributed by atoms with E-state index in [1.54, 1.807) is 0 Å². The number of nitrogens with two attached hydrogens (primary N) is 1. The van der Waals surface area contributed by atoms with Gasteiger partial charge in [-0.3, -0.25) is 18.9 Å². The molecule has 3 heterocycles. The Balaban J connectivity index is 1.83. The average molecular weight is 549 g/mol. The van der Waals surface area contributed by atoms with Crippen LogP contribution in [0.15, 0.2) is 23.8 Å². The number of fused-ring (bicyclic) bond motifs is 1. The maximum atomic E-state index is 12.0. The molecule has 1 aliphatic heterocycles. The predicted octanol–water partition coefficient (Wildman–Crippen LogP) is -1.78. The zero-order chi connectivity index (χ0) is 25.7. The molecule has 2 aromatic rings. The number of phosphoric ester groups is 1. The van der Waals surface area contributed by atoms with Crippen molar-refractivity contribution in [1.82, 2.24) is 19.5 Å². The van der Waals surface area contributed by atoms with Crippen molar-refractivity contribution < 1.29 is 61.4 Å². The molecule has 4 unspecified atom stereocenters. The number of anilines is 1. The van der Waals surface area contributed by atoms with Crippen molar-refractivity contribution >= 4 is 40.6 Å². The lowest BCUT2D eigenvalue weighted by Crippen LogP contribution is -2.45. The molecule has 0 aliphatic carbocycles. The molecule has 0 amide bonds. The molecule has 34 heavy (non-hydrogen) atoms. The number of phosphoric acid groups is 3.